The number of hydrogen-bond acceptors (Lipinski definition) is 4. The van der Waals surface area contributed by atoms with E-state index in [9.17, 15) is 14.7 Å². The molecule has 1 fully saturated rings. The maximum Gasteiger partial charge on any atom is 0.335 e. The minimum absolute atomic E-state index is 0.0656. The molecule has 2 aromatic rings. The zero-order chi connectivity index (χ0) is 22.5. The Kier molecular flexibility index (Phi) is 6.69. The van der Waals surface area contributed by atoms with Crippen molar-refractivity contribution in [3.63, 3.8) is 0 Å². The molecule has 1 amide bonds. The van der Waals surface area contributed by atoms with Crippen LogP contribution in [0.25, 0.3) is 11.1 Å². The SMILES string of the molecule is CC(=N)N1CCC(CC(=O)Nc2cc(C(=O)O)cc(-c3cccc(C(=N)N)c3)c2)CC1. The third-order valence-corrected chi connectivity index (χ3v) is 5.53. The highest BCUT2D eigenvalue weighted by atomic mass is 16.4. The highest BCUT2D eigenvalue weighted by molar-refractivity contribution is 5.98. The number of rotatable bonds is 6. The molecule has 1 aliphatic heterocycles. The topological polar surface area (TPSA) is 143 Å². The smallest absolute Gasteiger partial charge is 0.335 e. The number of amidine groups is 2. The van der Waals surface area contributed by atoms with Crippen molar-refractivity contribution in [1.82, 2.24) is 4.90 Å². The Bertz CT molecular complexity index is 1030. The monoisotopic (exact) mass is 421 g/mol. The summed E-state index contributed by atoms with van der Waals surface area (Å²) in [5.74, 6) is -0.529. The summed E-state index contributed by atoms with van der Waals surface area (Å²) in [7, 11) is 0. The molecule has 31 heavy (non-hydrogen) atoms. The van der Waals surface area contributed by atoms with Crippen LogP contribution in [0.1, 0.15) is 42.1 Å². The first kappa shape index (κ1) is 22.0. The van der Waals surface area contributed by atoms with Crippen LogP contribution in [-0.4, -0.2) is 46.6 Å². The quantitative estimate of drug-likeness (QED) is 0.359. The van der Waals surface area contributed by atoms with Gasteiger partial charge >= 0.3 is 5.97 Å². The Balaban J connectivity index is 1.76. The fourth-order valence-corrected chi connectivity index (χ4v) is 3.80. The van der Waals surface area contributed by atoms with E-state index < -0.39 is 5.97 Å². The third-order valence-electron chi connectivity index (χ3n) is 5.53. The van der Waals surface area contributed by atoms with Gasteiger partial charge < -0.3 is 21.1 Å². The van der Waals surface area contributed by atoms with E-state index in [1.165, 1.54) is 12.1 Å². The summed E-state index contributed by atoms with van der Waals surface area (Å²) in [4.78, 5) is 26.2. The molecule has 0 atom stereocenters. The minimum Gasteiger partial charge on any atom is -0.478 e. The van der Waals surface area contributed by atoms with E-state index in [-0.39, 0.29) is 23.2 Å². The van der Waals surface area contributed by atoms with Crippen LogP contribution in [0.4, 0.5) is 5.69 Å². The van der Waals surface area contributed by atoms with Crippen molar-refractivity contribution in [1.29, 1.82) is 10.8 Å². The highest BCUT2D eigenvalue weighted by Gasteiger charge is 2.22. The average Bonchev–Trinajstić information content (AvgIpc) is 2.73. The van der Waals surface area contributed by atoms with Crippen molar-refractivity contribution in [2.45, 2.75) is 26.2 Å². The van der Waals surface area contributed by atoms with E-state index >= 15 is 0 Å². The summed E-state index contributed by atoms with van der Waals surface area (Å²) in [6.07, 6.45) is 2.06. The standard InChI is InChI=1S/C23H27N5O3/c1-14(24)28-7-5-15(6-8-28)9-21(29)27-20-12-18(11-19(13-20)23(30)31)16-3-2-4-17(10-16)22(25)26/h2-4,10-13,15,24H,5-9H2,1H3,(H3,25,26)(H,27,29)(H,30,31). The molecule has 0 aromatic heterocycles. The minimum atomic E-state index is -1.09. The molecular formula is C23H27N5O3. The lowest BCUT2D eigenvalue weighted by molar-refractivity contribution is -0.117. The van der Waals surface area contributed by atoms with E-state index in [1.807, 2.05) is 4.90 Å². The summed E-state index contributed by atoms with van der Waals surface area (Å²) < 4.78 is 0. The Morgan fingerprint density at radius 2 is 1.77 bits per heavy atom. The van der Waals surface area contributed by atoms with E-state index in [4.69, 9.17) is 16.6 Å². The first-order valence-electron chi connectivity index (χ1n) is 10.2. The number of piperidine rings is 1. The second-order valence-corrected chi connectivity index (χ2v) is 7.87. The molecule has 0 saturated carbocycles. The number of likely N-dealkylation sites (tertiary alicyclic amines) is 1. The van der Waals surface area contributed by atoms with Gasteiger partial charge in [0.25, 0.3) is 0 Å². The first-order chi connectivity index (χ1) is 14.7. The molecule has 2 aromatic carbocycles. The van der Waals surface area contributed by atoms with Crippen molar-refractivity contribution < 1.29 is 14.7 Å². The lowest BCUT2D eigenvalue weighted by atomic mass is 9.93. The van der Waals surface area contributed by atoms with Gasteiger partial charge in [0, 0.05) is 30.8 Å². The van der Waals surface area contributed by atoms with Gasteiger partial charge in [0.05, 0.1) is 11.4 Å². The number of carboxylic acid groups (broad SMARTS) is 1. The van der Waals surface area contributed by atoms with Gasteiger partial charge in [0.2, 0.25) is 5.91 Å². The number of aromatic carboxylic acids is 1. The van der Waals surface area contributed by atoms with Gasteiger partial charge in [-0.1, -0.05) is 18.2 Å². The van der Waals surface area contributed by atoms with Gasteiger partial charge in [-0.25, -0.2) is 4.79 Å². The van der Waals surface area contributed by atoms with Crippen LogP contribution >= 0.6 is 0 Å². The summed E-state index contributed by atoms with van der Waals surface area (Å²) in [5.41, 5.74) is 7.91. The Hall–Kier alpha value is -3.68. The van der Waals surface area contributed by atoms with Crippen LogP contribution in [0.2, 0.25) is 0 Å². The molecule has 1 saturated heterocycles. The number of nitrogens with two attached hydrogens (primary N) is 1. The number of carbonyl (C=O) groups excluding carboxylic acids is 1. The number of nitrogens with one attached hydrogen (secondary N) is 3. The first-order valence-corrected chi connectivity index (χ1v) is 10.2. The van der Waals surface area contributed by atoms with E-state index in [2.05, 4.69) is 5.32 Å². The summed E-state index contributed by atoms with van der Waals surface area (Å²) >= 11 is 0. The molecule has 3 rings (SSSR count). The number of anilines is 1. The average molecular weight is 422 g/mol. The zero-order valence-electron chi connectivity index (χ0n) is 17.4. The largest absolute Gasteiger partial charge is 0.478 e. The molecule has 162 valence electrons. The second kappa shape index (κ2) is 9.42. The molecular weight excluding hydrogens is 394 g/mol. The van der Waals surface area contributed by atoms with E-state index in [0.717, 1.165) is 25.9 Å². The number of amides is 1. The van der Waals surface area contributed by atoms with E-state index in [1.54, 1.807) is 37.3 Å². The Morgan fingerprint density at radius 3 is 2.39 bits per heavy atom. The van der Waals surface area contributed by atoms with Crippen LogP contribution in [0, 0.1) is 16.7 Å². The zero-order valence-corrected chi connectivity index (χ0v) is 17.4. The maximum absolute atomic E-state index is 12.6. The summed E-state index contributed by atoms with van der Waals surface area (Å²) in [6.45, 7) is 3.32. The number of benzene rings is 2. The van der Waals surface area contributed by atoms with Crippen molar-refractivity contribution >= 4 is 29.2 Å². The predicted molar refractivity (Wildman–Crippen MR) is 121 cm³/mol. The Labute approximate surface area is 181 Å². The van der Waals surface area contributed by atoms with Crippen LogP contribution in [-0.2, 0) is 4.79 Å². The lowest BCUT2D eigenvalue weighted by Gasteiger charge is -2.32. The fourth-order valence-electron chi connectivity index (χ4n) is 3.80. The third kappa shape index (κ3) is 5.69. The molecule has 1 heterocycles. The van der Waals surface area contributed by atoms with Gasteiger partial charge in [-0.3, -0.25) is 15.6 Å². The lowest BCUT2D eigenvalue weighted by Crippen LogP contribution is -2.37. The summed E-state index contributed by atoms with van der Waals surface area (Å²) in [5, 5.41) is 27.7. The molecule has 0 spiro atoms. The van der Waals surface area contributed by atoms with Gasteiger partial charge in [-0.05, 0) is 61.1 Å². The molecule has 8 heteroatoms. The number of carbonyl (C=O) groups is 2. The van der Waals surface area contributed by atoms with Crippen LogP contribution in [0.5, 0.6) is 0 Å². The predicted octanol–water partition coefficient (Wildman–Crippen LogP) is 3.37. The number of nitrogens with zero attached hydrogens (tertiary/aromatic N) is 1. The fraction of sp³-hybridized carbons (Fsp3) is 0.304. The van der Waals surface area contributed by atoms with Crippen molar-refractivity contribution in [2.24, 2.45) is 11.7 Å². The van der Waals surface area contributed by atoms with Crippen LogP contribution in [0.3, 0.4) is 0 Å². The van der Waals surface area contributed by atoms with E-state index in [0.29, 0.717) is 34.6 Å². The van der Waals surface area contributed by atoms with Crippen LogP contribution < -0.4 is 11.1 Å². The maximum atomic E-state index is 12.6. The van der Waals surface area contributed by atoms with Gasteiger partial charge in [0.15, 0.2) is 0 Å². The van der Waals surface area contributed by atoms with Crippen molar-refractivity contribution in [2.75, 3.05) is 18.4 Å². The molecule has 8 nitrogen and oxygen atoms in total. The Morgan fingerprint density at radius 1 is 1.10 bits per heavy atom. The molecule has 0 bridgehead atoms. The molecule has 0 unspecified atom stereocenters. The second-order valence-electron chi connectivity index (χ2n) is 7.87. The van der Waals surface area contributed by atoms with Gasteiger partial charge in [0.1, 0.15) is 5.84 Å². The normalized spacial score (nSPS) is 14.2. The van der Waals surface area contributed by atoms with Crippen LogP contribution in [0.15, 0.2) is 42.5 Å². The number of hydrogen-bond donors (Lipinski definition) is 5. The molecule has 0 aliphatic carbocycles. The van der Waals surface area contributed by atoms with Gasteiger partial charge in [-0.2, -0.15) is 0 Å². The highest BCUT2D eigenvalue weighted by Crippen LogP contribution is 2.27. The number of nitrogen functional groups attached to an aromatic ring is 1. The summed E-state index contributed by atoms with van der Waals surface area (Å²) in [6, 6.07) is 11.7. The molecule has 1 aliphatic rings. The molecule has 0 radical (unpaired) electrons. The number of carboxylic acids is 1. The van der Waals surface area contributed by atoms with Gasteiger partial charge in [-0.15, -0.1) is 0 Å². The van der Waals surface area contributed by atoms with Crippen molar-refractivity contribution in [3.8, 4) is 11.1 Å². The molecule has 6 N–H and O–H groups in total. The van der Waals surface area contributed by atoms with Crippen molar-refractivity contribution in [3.05, 3.63) is 53.6 Å².